The lowest BCUT2D eigenvalue weighted by Crippen LogP contribution is -2.53. The standard InChI is InChI=1S/C30H27F2N7/c1-30(2,32)27(23-12-24(14-26(31)13-23)29-35-36-37-38(29)3)25-17-39(18-25)28(21-9-7-19(15-33)8-10-21)22-6-4-5-20(11-22)16-34/h4-14,25,27-28H,17-18H2,1-3H3. The fourth-order valence-electron chi connectivity index (χ4n) is 5.73. The van der Waals surface area contributed by atoms with E-state index in [2.05, 4.69) is 32.6 Å². The summed E-state index contributed by atoms with van der Waals surface area (Å²) in [4.78, 5) is 2.23. The number of rotatable bonds is 7. The minimum Gasteiger partial charge on any atom is -0.292 e. The lowest BCUT2D eigenvalue weighted by atomic mass is 9.72. The average Bonchev–Trinajstić information content (AvgIpc) is 3.32. The van der Waals surface area contributed by atoms with Gasteiger partial charge in [-0.05, 0) is 89.3 Å². The van der Waals surface area contributed by atoms with Gasteiger partial charge in [-0.1, -0.05) is 24.3 Å². The third-order valence-electron chi connectivity index (χ3n) is 7.36. The van der Waals surface area contributed by atoms with E-state index in [-0.39, 0.29) is 12.0 Å². The molecule has 0 spiro atoms. The minimum absolute atomic E-state index is 0.0858. The van der Waals surface area contributed by atoms with Gasteiger partial charge >= 0.3 is 0 Å². The van der Waals surface area contributed by atoms with Crippen LogP contribution < -0.4 is 0 Å². The van der Waals surface area contributed by atoms with Gasteiger partial charge < -0.3 is 0 Å². The van der Waals surface area contributed by atoms with Crippen LogP contribution in [0.25, 0.3) is 11.4 Å². The summed E-state index contributed by atoms with van der Waals surface area (Å²) in [5.74, 6) is -0.729. The summed E-state index contributed by atoms with van der Waals surface area (Å²) in [6, 6.07) is 23.5. The van der Waals surface area contributed by atoms with Crippen LogP contribution in [0.4, 0.5) is 8.78 Å². The molecular formula is C30H27F2N7. The molecule has 2 unspecified atom stereocenters. The molecule has 3 aromatic carbocycles. The lowest BCUT2D eigenvalue weighted by molar-refractivity contribution is 0.00814. The average molecular weight is 524 g/mol. The number of aryl methyl sites for hydroxylation is 1. The van der Waals surface area contributed by atoms with Gasteiger partial charge in [-0.2, -0.15) is 10.5 Å². The third kappa shape index (κ3) is 5.27. The van der Waals surface area contributed by atoms with Crippen LogP contribution in [0.3, 0.4) is 0 Å². The molecule has 0 radical (unpaired) electrons. The Hall–Kier alpha value is -4.47. The Morgan fingerprint density at radius 2 is 1.64 bits per heavy atom. The molecule has 39 heavy (non-hydrogen) atoms. The first kappa shape index (κ1) is 26.1. The maximum atomic E-state index is 15.8. The molecule has 1 aliphatic heterocycles. The first-order valence-corrected chi connectivity index (χ1v) is 12.6. The van der Waals surface area contributed by atoms with Gasteiger partial charge in [-0.3, -0.25) is 4.90 Å². The van der Waals surface area contributed by atoms with E-state index >= 15 is 4.39 Å². The molecule has 1 saturated heterocycles. The van der Waals surface area contributed by atoms with Gasteiger partial charge in [0.2, 0.25) is 0 Å². The molecule has 2 atom stereocenters. The number of hydrogen-bond donors (Lipinski definition) is 0. The fraction of sp³-hybridized carbons (Fsp3) is 0.300. The molecule has 0 aliphatic carbocycles. The van der Waals surface area contributed by atoms with E-state index in [1.54, 1.807) is 31.3 Å². The van der Waals surface area contributed by atoms with Crippen LogP contribution >= 0.6 is 0 Å². The zero-order valence-electron chi connectivity index (χ0n) is 21.9. The van der Waals surface area contributed by atoms with Gasteiger partial charge in [0.25, 0.3) is 0 Å². The number of hydrogen-bond acceptors (Lipinski definition) is 6. The van der Waals surface area contributed by atoms with Crippen molar-refractivity contribution in [1.29, 1.82) is 10.5 Å². The van der Waals surface area contributed by atoms with Crippen molar-refractivity contribution in [3.05, 3.63) is 100 Å². The number of halogens is 2. The highest BCUT2D eigenvalue weighted by atomic mass is 19.1. The normalized spacial score (nSPS) is 15.7. The number of alkyl halides is 1. The Morgan fingerprint density at radius 3 is 2.26 bits per heavy atom. The van der Waals surface area contributed by atoms with Gasteiger partial charge in [0.05, 0.1) is 29.3 Å². The highest BCUT2D eigenvalue weighted by Crippen LogP contribution is 2.46. The number of aromatic nitrogens is 4. The summed E-state index contributed by atoms with van der Waals surface area (Å²) in [5, 5.41) is 30.2. The first-order chi connectivity index (χ1) is 18.7. The summed E-state index contributed by atoms with van der Waals surface area (Å²) < 4.78 is 32.1. The predicted octanol–water partition coefficient (Wildman–Crippen LogP) is 5.31. The Bertz CT molecular complexity index is 1570. The van der Waals surface area contributed by atoms with E-state index in [1.807, 2.05) is 30.3 Å². The van der Waals surface area contributed by atoms with E-state index < -0.39 is 17.4 Å². The number of benzene rings is 3. The molecule has 7 nitrogen and oxygen atoms in total. The second kappa shape index (κ2) is 10.4. The number of nitrogens with zero attached hydrogens (tertiary/aromatic N) is 7. The van der Waals surface area contributed by atoms with Crippen molar-refractivity contribution in [3.63, 3.8) is 0 Å². The Kier molecular flexibility index (Phi) is 6.94. The quantitative estimate of drug-likeness (QED) is 0.326. The van der Waals surface area contributed by atoms with Gasteiger partial charge in [-0.15, -0.1) is 5.10 Å². The second-order valence-corrected chi connectivity index (χ2v) is 10.5. The van der Waals surface area contributed by atoms with Gasteiger partial charge in [0.1, 0.15) is 11.5 Å². The molecule has 2 heterocycles. The fourth-order valence-corrected chi connectivity index (χ4v) is 5.73. The minimum atomic E-state index is -1.62. The first-order valence-electron chi connectivity index (χ1n) is 12.6. The zero-order valence-corrected chi connectivity index (χ0v) is 21.9. The van der Waals surface area contributed by atoms with Crippen molar-refractivity contribution in [2.45, 2.75) is 31.5 Å². The van der Waals surface area contributed by atoms with Crippen LogP contribution in [0.5, 0.6) is 0 Å². The van der Waals surface area contributed by atoms with E-state index in [0.29, 0.717) is 41.2 Å². The molecule has 0 saturated carbocycles. The van der Waals surface area contributed by atoms with Crippen LogP contribution in [0.2, 0.25) is 0 Å². The lowest BCUT2D eigenvalue weighted by Gasteiger charge is -2.50. The molecule has 0 bridgehead atoms. The molecule has 9 heteroatoms. The second-order valence-electron chi connectivity index (χ2n) is 10.5. The number of likely N-dealkylation sites (tertiary alicyclic amines) is 1. The predicted molar refractivity (Wildman–Crippen MR) is 141 cm³/mol. The van der Waals surface area contributed by atoms with Crippen LogP contribution in [0.15, 0.2) is 66.7 Å². The molecule has 1 fully saturated rings. The maximum absolute atomic E-state index is 15.8. The molecule has 196 valence electrons. The van der Waals surface area contributed by atoms with Gasteiger partial charge in [-0.25, -0.2) is 13.5 Å². The third-order valence-corrected chi connectivity index (χ3v) is 7.36. The zero-order chi connectivity index (χ0) is 27.7. The van der Waals surface area contributed by atoms with Gasteiger partial charge in [0.15, 0.2) is 5.82 Å². The summed E-state index contributed by atoms with van der Waals surface area (Å²) in [5.41, 5.74) is 2.46. The summed E-state index contributed by atoms with van der Waals surface area (Å²) >= 11 is 0. The van der Waals surface area contributed by atoms with Crippen molar-refractivity contribution in [3.8, 4) is 23.5 Å². The van der Waals surface area contributed by atoms with Crippen LogP contribution in [0.1, 0.15) is 53.6 Å². The van der Waals surface area contributed by atoms with E-state index in [9.17, 15) is 14.9 Å². The highest BCUT2D eigenvalue weighted by molar-refractivity contribution is 5.56. The van der Waals surface area contributed by atoms with Crippen LogP contribution in [0, 0.1) is 34.4 Å². The van der Waals surface area contributed by atoms with Crippen LogP contribution in [-0.2, 0) is 7.05 Å². The SMILES string of the molecule is Cn1nnnc1-c1cc(F)cc(C(C2CN(C(c3ccc(C#N)cc3)c3cccc(C#N)c3)C2)C(C)(C)F)c1. The molecule has 0 N–H and O–H groups in total. The number of tetrazole rings is 1. The van der Waals surface area contributed by atoms with E-state index in [1.165, 1.54) is 30.7 Å². The van der Waals surface area contributed by atoms with Crippen molar-refractivity contribution in [1.82, 2.24) is 25.1 Å². The Labute approximate surface area is 225 Å². The molecule has 1 aliphatic rings. The topological polar surface area (TPSA) is 94.4 Å². The molecule has 0 amide bonds. The largest absolute Gasteiger partial charge is 0.292 e. The Balaban J connectivity index is 1.48. The van der Waals surface area contributed by atoms with E-state index in [0.717, 1.165) is 11.1 Å². The van der Waals surface area contributed by atoms with Crippen molar-refractivity contribution in [2.75, 3.05) is 13.1 Å². The van der Waals surface area contributed by atoms with E-state index in [4.69, 9.17) is 0 Å². The summed E-state index contributed by atoms with van der Waals surface area (Å²) in [7, 11) is 1.67. The molecular weight excluding hydrogens is 496 g/mol. The molecule has 4 aromatic rings. The van der Waals surface area contributed by atoms with Crippen molar-refractivity contribution in [2.24, 2.45) is 13.0 Å². The molecule has 1 aromatic heterocycles. The highest BCUT2D eigenvalue weighted by Gasteiger charge is 2.45. The maximum Gasteiger partial charge on any atom is 0.181 e. The number of nitriles is 2. The van der Waals surface area contributed by atoms with Crippen LogP contribution in [-0.4, -0.2) is 43.9 Å². The molecule has 5 rings (SSSR count). The van der Waals surface area contributed by atoms with Gasteiger partial charge in [0, 0.05) is 31.6 Å². The summed E-state index contributed by atoms with van der Waals surface area (Å²) in [6.07, 6.45) is 0. The Morgan fingerprint density at radius 1 is 0.923 bits per heavy atom. The summed E-state index contributed by atoms with van der Waals surface area (Å²) in [6.45, 7) is 4.19. The smallest absolute Gasteiger partial charge is 0.181 e. The van der Waals surface area contributed by atoms with Crippen molar-refractivity contribution >= 4 is 0 Å². The monoisotopic (exact) mass is 523 g/mol. The van der Waals surface area contributed by atoms with Crippen molar-refractivity contribution < 1.29 is 8.78 Å².